The first kappa shape index (κ1) is 10.9. The molecule has 0 atom stereocenters. The van der Waals surface area contributed by atoms with Crippen molar-refractivity contribution in [2.75, 3.05) is 0 Å². The minimum absolute atomic E-state index is 1.07. The summed E-state index contributed by atoms with van der Waals surface area (Å²) in [7, 11) is 0. The molecule has 0 aliphatic rings. The maximum absolute atomic E-state index is 4.12. The topological polar surface area (TPSA) is 12.9 Å². The number of hydrogen-bond donors (Lipinski definition) is 0. The molecule has 0 saturated heterocycles. The van der Waals surface area contributed by atoms with Gasteiger partial charge in [-0.2, -0.15) is 0 Å². The van der Waals surface area contributed by atoms with Crippen molar-refractivity contribution in [1.29, 1.82) is 0 Å². The van der Waals surface area contributed by atoms with Crippen molar-refractivity contribution < 1.29 is 0 Å². The Morgan fingerprint density at radius 2 is 1.56 bits per heavy atom. The van der Waals surface area contributed by atoms with Crippen LogP contribution in [0.4, 0.5) is 0 Å². The largest absolute Gasteiger partial charge is 0.264 e. The Balaban J connectivity index is 1.94. The van der Waals surface area contributed by atoms with Gasteiger partial charge in [0.1, 0.15) is 0 Å². The molecule has 0 radical (unpaired) electrons. The predicted molar refractivity (Wildman–Crippen MR) is 67.5 cm³/mol. The van der Waals surface area contributed by atoms with Crippen LogP contribution in [0.25, 0.3) is 0 Å². The van der Waals surface area contributed by atoms with Crippen LogP contribution in [0, 0.1) is 0 Å². The second-order valence-electron chi connectivity index (χ2n) is 4.03. The maximum atomic E-state index is 4.12. The first-order valence-corrected chi connectivity index (χ1v) is 5.85. The molecule has 0 bridgehead atoms. The van der Waals surface area contributed by atoms with E-state index in [4.69, 9.17) is 0 Å². The zero-order valence-electron chi connectivity index (χ0n) is 9.69. The van der Waals surface area contributed by atoms with E-state index in [1.807, 2.05) is 18.5 Å². The Morgan fingerprint density at radius 1 is 0.875 bits per heavy atom. The summed E-state index contributed by atoms with van der Waals surface area (Å²) >= 11 is 0. The van der Waals surface area contributed by atoms with Gasteiger partial charge in [0.25, 0.3) is 0 Å². The van der Waals surface area contributed by atoms with Crippen LogP contribution in [-0.4, -0.2) is 4.98 Å². The summed E-state index contributed by atoms with van der Waals surface area (Å²) in [5, 5.41) is 0. The Kier molecular flexibility index (Phi) is 3.71. The third-order valence-corrected chi connectivity index (χ3v) is 2.86. The number of rotatable bonds is 4. The van der Waals surface area contributed by atoms with Gasteiger partial charge in [0.2, 0.25) is 0 Å². The number of aryl methyl sites for hydroxylation is 3. The molecule has 0 spiro atoms. The lowest BCUT2D eigenvalue weighted by atomic mass is 10.0. The highest BCUT2D eigenvalue weighted by atomic mass is 14.6. The van der Waals surface area contributed by atoms with Crippen molar-refractivity contribution in [3.05, 3.63) is 65.5 Å². The van der Waals surface area contributed by atoms with Crippen LogP contribution >= 0.6 is 0 Å². The molecule has 82 valence electrons. The lowest BCUT2D eigenvalue weighted by molar-refractivity contribution is 0.947. The van der Waals surface area contributed by atoms with Crippen LogP contribution in [0.2, 0.25) is 0 Å². The molecule has 16 heavy (non-hydrogen) atoms. The number of nitrogens with zero attached hydrogens (tertiary/aromatic N) is 1. The molecule has 2 aromatic rings. The highest BCUT2D eigenvalue weighted by Gasteiger charge is 1.96. The lowest BCUT2D eigenvalue weighted by Crippen LogP contribution is -1.92. The standard InChI is InChI=1S/C15H17N/c1-2-13-5-7-14(8-6-13)9-10-15-4-3-11-16-12-15/h3-8,11-12H,2,9-10H2,1H3. The summed E-state index contributed by atoms with van der Waals surface area (Å²) < 4.78 is 0. The minimum Gasteiger partial charge on any atom is -0.264 e. The summed E-state index contributed by atoms with van der Waals surface area (Å²) in [5.41, 5.74) is 4.12. The van der Waals surface area contributed by atoms with E-state index in [0.717, 1.165) is 19.3 Å². The normalized spacial score (nSPS) is 10.3. The second-order valence-corrected chi connectivity index (χ2v) is 4.03. The van der Waals surface area contributed by atoms with Crippen molar-refractivity contribution >= 4 is 0 Å². The maximum Gasteiger partial charge on any atom is 0.0299 e. The average molecular weight is 211 g/mol. The Morgan fingerprint density at radius 3 is 2.19 bits per heavy atom. The van der Waals surface area contributed by atoms with E-state index in [9.17, 15) is 0 Å². The molecule has 1 heterocycles. The zero-order chi connectivity index (χ0) is 11.2. The minimum atomic E-state index is 1.07. The molecule has 0 fully saturated rings. The van der Waals surface area contributed by atoms with Gasteiger partial charge >= 0.3 is 0 Å². The molecular weight excluding hydrogens is 194 g/mol. The zero-order valence-corrected chi connectivity index (χ0v) is 9.69. The summed E-state index contributed by atoms with van der Waals surface area (Å²) in [4.78, 5) is 4.12. The monoisotopic (exact) mass is 211 g/mol. The highest BCUT2D eigenvalue weighted by molar-refractivity contribution is 5.23. The quantitative estimate of drug-likeness (QED) is 0.755. The van der Waals surface area contributed by atoms with Crippen molar-refractivity contribution in [2.24, 2.45) is 0 Å². The summed E-state index contributed by atoms with van der Waals surface area (Å²) in [6.45, 7) is 2.19. The van der Waals surface area contributed by atoms with Crippen molar-refractivity contribution in [1.82, 2.24) is 4.98 Å². The van der Waals surface area contributed by atoms with Crippen LogP contribution in [-0.2, 0) is 19.3 Å². The Bertz CT molecular complexity index is 417. The van der Waals surface area contributed by atoms with Gasteiger partial charge in [0.05, 0.1) is 0 Å². The van der Waals surface area contributed by atoms with Crippen LogP contribution in [0.3, 0.4) is 0 Å². The molecule has 0 N–H and O–H groups in total. The summed E-state index contributed by atoms with van der Waals surface area (Å²) in [6.07, 6.45) is 7.04. The van der Waals surface area contributed by atoms with E-state index in [2.05, 4.69) is 42.2 Å². The molecular formula is C15H17N. The van der Waals surface area contributed by atoms with Gasteiger partial charge in [0, 0.05) is 12.4 Å². The van der Waals surface area contributed by atoms with E-state index < -0.39 is 0 Å². The molecule has 0 saturated carbocycles. The molecule has 0 unspecified atom stereocenters. The first-order valence-electron chi connectivity index (χ1n) is 5.85. The van der Waals surface area contributed by atoms with Crippen molar-refractivity contribution in [3.63, 3.8) is 0 Å². The van der Waals surface area contributed by atoms with Gasteiger partial charge in [-0.05, 0) is 42.0 Å². The predicted octanol–water partition coefficient (Wildman–Crippen LogP) is 3.43. The van der Waals surface area contributed by atoms with Gasteiger partial charge in [-0.25, -0.2) is 0 Å². The molecule has 1 heteroatoms. The number of aromatic nitrogens is 1. The van der Waals surface area contributed by atoms with E-state index in [1.165, 1.54) is 16.7 Å². The molecule has 1 aromatic carbocycles. The number of hydrogen-bond acceptors (Lipinski definition) is 1. The first-order chi connectivity index (χ1) is 7.88. The third-order valence-electron chi connectivity index (χ3n) is 2.86. The molecule has 2 rings (SSSR count). The van der Waals surface area contributed by atoms with Gasteiger partial charge in [-0.15, -0.1) is 0 Å². The molecule has 1 aromatic heterocycles. The van der Waals surface area contributed by atoms with Gasteiger partial charge in [-0.3, -0.25) is 4.98 Å². The van der Waals surface area contributed by atoms with E-state index >= 15 is 0 Å². The molecule has 1 nitrogen and oxygen atoms in total. The number of pyridine rings is 1. The average Bonchev–Trinajstić information content (AvgIpc) is 2.38. The van der Waals surface area contributed by atoms with Crippen LogP contribution in [0.1, 0.15) is 23.6 Å². The van der Waals surface area contributed by atoms with E-state index in [-0.39, 0.29) is 0 Å². The number of benzene rings is 1. The van der Waals surface area contributed by atoms with Crippen molar-refractivity contribution in [3.8, 4) is 0 Å². The molecule has 0 aliphatic heterocycles. The van der Waals surface area contributed by atoms with Crippen LogP contribution in [0.15, 0.2) is 48.8 Å². The van der Waals surface area contributed by atoms with Crippen LogP contribution < -0.4 is 0 Å². The molecule has 0 amide bonds. The fourth-order valence-electron chi connectivity index (χ4n) is 1.78. The third kappa shape index (κ3) is 2.93. The van der Waals surface area contributed by atoms with E-state index in [0.29, 0.717) is 0 Å². The van der Waals surface area contributed by atoms with Gasteiger partial charge < -0.3 is 0 Å². The summed E-state index contributed by atoms with van der Waals surface area (Å²) in [6, 6.07) is 13.0. The fraction of sp³-hybridized carbons (Fsp3) is 0.267. The van der Waals surface area contributed by atoms with Gasteiger partial charge in [0.15, 0.2) is 0 Å². The lowest BCUT2D eigenvalue weighted by Gasteiger charge is -2.03. The second kappa shape index (κ2) is 5.45. The van der Waals surface area contributed by atoms with E-state index in [1.54, 1.807) is 0 Å². The van der Waals surface area contributed by atoms with Crippen LogP contribution in [0.5, 0.6) is 0 Å². The van der Waals surface area contributed by atoms with Crippen molar-refractivity contribution in [2.45, 2.75) is 26.2 Å². The fourth-order valence-corrected chi connectivity index (χ4v) is 1.78. The smallest absolute Gasteiger partial charge is 0.0299 e. The summed E-state index contributed by atoms with van der Waals surface area (Å²) in [5.74, 6) is 0. The Labute approximate surface area is 97.2 Å². The highest BCUT2D eigenvalue weighted by Crippen LogP contribution is 2.08. The Hall–Kier alpha value is -1.63. The van der Waals surface area contributed by atoms with Gasteiger partial charge in [-0.1, -0.05) is 37.3 Å². The SMILES string of the molecule is CCc1ccc(CCc2cccnc2)cc1. The molecule has 0 aliphatic carbocycles.